The predicted octanol–water partition coefficient (Wildman–Crippen LogP) is 2.84. The molecule has 3 atom stereocenters. The van der Waals surface area contributed by atoms with Gasteiger partial charge in [-0.2, -0.15) is 0 Å². The highest BCUT2D eigenvalue weighted by molar-refractivity contribution is 5.75. The van der Waals surface area contributed by atoms with E-state index in [1.807, 2.05) is 18.2 Å². The summed E-state index contributed by atoms with van der Waals surface area (Å²) in [5, 5.41) is 0. The fourth-order valence-corrected chi connectivity index (χ4v) is 2.70. The number of rotatable bonds is 3. The second-order valence-electron chi connectivity index (χ2n) is 4.63. The fraction of sp³-hybridized carbons (Fsp3) is 0.357. The van der Waals surface area contributed by atoms with Gasteiger partial charge in [0.05, 0.1) is 0 Å². The molecular formula is C14H14O2. The average molecular weight is 214 g/mol. The van der Waals surface area contributed by atoms with E-state index in [1.54, 1.807) is 6.07 Å². The summed E-state index contributed by atoms with van der Waals surface area (Å²) in [7, 11) is 0. The minimum absolute atomic E-state index is 0.303. The predicted molar refractivity (Wildman–Crippen MR) is 61.6 cm³/mol. The number of hydrogen-bond acceptors (Lipinski definition) is 2. The molecule has 16 heavy (non-hydrogen) atoms. The Morgan fingerprint density at radius 3 is 2.88 bits per heavy atom. The van der Waals surface area contributed by atoms with E-state index in [0.717, 1.165) is 18.5 Å². The summed E-state index contributed by atoms with van der Waals surface area (Å²) < 4.78 is 5.94. The summed E-state index contributed by atoms with van der Waals surface area (Å²) in [5.74, 6) is 2.10. The first-order valence-corrected chi connectivity index (χ1v) is 5.75. The highest BCUT2D eigenvalue weighted by Gasteiger charge is 2.37. The summed E-state index contributed by atoms with van der Waals surface area (Å²) >= 11 is 0. The van der Waals surface area contributed by atoms with Gasteiger partial charge in [0.25, 0.3) is 0 Å². The van der Waals surface area contributed by atoms with Crippen molar-refractivity contribution in [2.24, 2.45) is 11.8 Å². The Hall–Kier alpha value is -1.57. The maximum absolute atomic E-state index is 10.7. The number of aldehydes is 1. The first-order valence-electron chi connectivity index (χ1n) is 5.75. The number of benzene rings is 1. The molecule has 1 aromatic carbocycles. The molecule has 2 nitrogen and oxygen atoms in total. The molecule has 0 heterocycles. The summed E-state index contributed by atoms with van der Waals surface area (Å²) in [6.07, 6.45) is 8.07. The van der Waals surface area contributed by atoms with Crippen molar-refractivity contribution in [3.63, 3.8) is 0 Å². The molecule has 1 aromatic rings. The second kappa shape index (κ2) is 3.78. The molecule has 1 saturated carbocycles. The fourth-order valence-electron chi connectivity index (χ4n) is 2.70. The molecule has 2 heteroatoms. The van der Waals surface area contributed by atoms with Crippen molar-refractivity contribution in [1.82, 2.24) is 0 Å². The van der Waals surface area contributed by atoms with Crippen LogP contribution in [0.5, 0.6) is 5.75 Å². The van der Waals surface area contributed by atoms with Crippen LogP contribution in [-0.4, -0.2) is 12.4 Å². The van der Waals surface area contributed by atoms with Crippen molar-refractivity contribution >= 4 is 6.29 Å². The Labute approximate surface area is 94.9 Å². The number of allylic oxidation sites excluding steroid dienone is 1. The van der Waals surface area contributed by atoms with Crippen molar-refractivity contribution in [2.45, 2.75) is 18.9 Å². The van der Waals surface area contributed by atoms with Crippen LogP contribution in [0.15, 0.2) is 36.4 Å². The number of carbonyl (C=O) groups excluding carboxylic acids is 1. The first kappa shape index (κ1) is 9.64. The van der Waals surface area contributed by atoms with Crippen molar-refractivity contribution < 1.29 is 9.53 Å². The number of carbonyl (C=O) groups is 1. The minimum atomic E-state index is 0.303. The van der Waals surface area contributed by atoms with Crippen molar-refractivity contribution in [3.8, 4) is 5.75 Å². The molecule has 0 spiro atoms. The van der Waals surface area contributed by atoms with Gasteiger partial charge in [0.1, 0.15) is 18.1 Å². The van der Waals surface area contributed by atoms with Crippen LogP contribution in [0, 0.1) is 11.8 Å². The molecule has 0 radical (unpaired) electrons. The molecule has 0 aliphatic heterocycles. The van der Waals surface area contributed by atoms with E-state index in [4.69, 9.17) is 4.74 Å². The Kier molecular flexibility index (Phi) is 2.28. The van der Waals surface area contributed by atoms with E-state index in [1.165, 1.54) is 6.42 Å². The van der Waals surface area contributed by atoms with Crippen molar-refractivity contribution in [2.75, 3.05) is 0 Å². The van der Waals surface area contributed by atoms with Gasteiger partial charge >= 0.3 is 0 Å². The van der Waals surface area contributed by atoms with E-state index in [0.29, 0.717) is 23.5 Å². The van der Waals surface area contributed by atoms with Gasteiger partial charge in [-0.1, -0.05) is 24.3 Å². The molecule has 2 aliphatic rings. The van der Waals surface area contributed by atoms with Gasteiger partial charge in [0.2, 0.25) is 0 Å². The standard InChI is InChI=1S/C14H14O2/c15-9-11-2-1-3-13(7-11)16-14-8-10-4-5-12(14)6-10/h1-5,7,9-10,12,14H,6,8H2. The topological polar surface area (TPSA) is 26.3 Å². The van der Waals surface area contributed by atoms with E-state index in [9.17, 15) is 4.79 Å². The molecule has 0 amide bonds. The summed E-state index contributed by atoms with van der Waals surface area (Å²) in [4.78, 5) is 10.7. The quantitative estimate of drug-likeness (QED) is 0.571. The molecule has 1 fully saturated rings. The maximum Gasteiger partial charge on any atom is 0.150 e. The molecule has 82 valence electrons. The molecule has 0 aromatic heterocycles. The van der Waals surface area contributed by atoms with E-state index in [2.05, 4.69) is 12.2 Å². The largest absolute Gasteiger partial charge is 0.490 e. The van der Waals surface area contributed by atoms with Crippen LogP contribution in [0.2, 0.25) is 0 Å². The Morgan fingerprint density at radius 1 is 1.25 bits per heavy atom. The third kappa shape index (κ3) is 1.64. The first-order chi connectivity index (χ1) is 7.85. The molecule has 2 bridgehead atoms. The van der Waals surface area contributed by atoms with Gasteiger partial charge in [-0.05, 0) is 30.9 Å². The molecule has 3 rings (SSSR count). The summed E-state index contributed by atoms with van der Waals surface area (Å²) in [6, 6.07) is 7.38. The second-order valence-corrected chi connectivity index (χ2v) is 4.63. The lowest BCUT2D eigenvalue weighted by molar-refractivity contribution is 0.112. The third-order valence-electron chi connectivity index (χ3n) is 3.50. The average Bonchev–Trinajstić information content (AvgIpc) is 2.91. The molecule has 3 unspecified atom stereocenters. The van der Waals surface area contributed by atoms with Crippen LogP contribution in [0.3, 0.4) is 0 Å². The van der Waals surface area contributed by atoms with Crippen LogP contribution in [-0.2, 0) is 0 Å². The van der Waals surface area contributed by atoms with Gasteiger partial charge in [-0.25, -0.2) is 0 Å². The summed E-state index contributed by atoms with van der Waals surface area (Å²) in [5.41, 5.74) is 0.677. The molecule has 0 N–H and O–H groups in total. The monoisotopic (exact) mass is 214 g/mol. The highest BCUT2D eigenvalue weighted by Crippen LogP contribution is 2.40. The smallest absolute Gasteiger partial charge is 0.150 e. The van der Waals surface area contributed by atoms with Crippen molar-refractivity contribution in [3.05, 3.63) is 42.0 Å². The number of ether oxygens (including phenoxy) is 1. The summed E-state index contributed by atoms with van der Waals surface area (Å²) in [6.45, 7) is 0. The van der Waals surface area contributed by atoms with Crippen LogP contribution < -0.4 is 4.74 Å². The highest BCUT2D eigenvalue weighted by atomic mass is 16.5. The zero-order valence-corrected chi connectivity index (χ0v) is 9.00. The van der Waals surface area contributed by atoms with E-state index >= 15 is 0 Å². The van der Waals surface area contributed by atoms with Gasteiger partial charge in [-0.3, -0.25) is 4.79 Å². The van der Waals surface area contributed by atoms with E-state index in [-0.39, 0.29) is 0 Å². The lowest BCUT2D eigenvalue weighted by Crippen LogP contribution is -2.21. The maximum atomic E-state index is 10.7. The number of hydrogen-bond donors (Lipinski definition) is 0. The Balaban J connectivity index is 1.74. The van der Waals surface area contributed by atoms with Crippen LogP contribution >= 0.6 is 0 Å². The zero-order valence-electron chi connectivity index (χ0n) is 9.00. The van der Waals surface area contributed by atoms with Crippen LogP contribution in [0.4, 0.5) is 0 Å². The lowest BCUT2D eigenvalue weighted by atomic mass is 10.0. The van der Waals surface area contributed by atoms with Gasteiger partial charge in [0.15, 0.2) is 0 Å². The Bertz CT molecular complexity index is 436. The SMILES string of the molecule is O=Cc1cccc(OC2CC3C=CC2C3)c1. The Morgan fingerprint density at radius 2 is 2.19 bits per heavy atom. The minimum Gasteiger partial charge on any atom is -0.490 e. The zero-order chi connectivity index (χ0) is 11.0. The van der Waals surface area contributed by atoms with Gasteiger partial charge in [0, 0.05) is 11.5 Å². The molecular weight excluding hydrogens is 200 g/mol. The number of fused-ring (bicyclic) bond motifs is 2. The third-order valence-corrected chi connectivity index (χ3v) is 3.50. The molecule has 2 aliphatic carbocycles. The molecule has 0 saturated heterocycles. The van der Waals surface area contributed by atoms with Crippen LogP contribution in [0.25, 0.3) is 0 Å². The lowest BCUT2D eigenvalue weighted by Gasteiger charge is -2.20. The van der Waals surface area contributed by atoms with Gasteiger partial charge in [-0.15, -0.1) is 0 Å². The van der Waals surface area contributed by atoms with Crippen LogP contribution in [0.1, 0.15) is 23.2 Å². The van der Waals surface area contributed by atoms with E-state index < -0.39 is 0 Å². The van der Waals surface area contributed by atoms with Gasteiger partial charge < -0.3 is 4.74 Å². The normalized spacial score (nSPS) is 30.6. The van der Waals surface area contributed by atoms with Crippen molar-refractivity contribution in [1.29, 1.82) is 0 Å².